The van der Waals surface area contributed by atoms with Gasteiger partial charge < -0.3 is 5.32 Å². The lowest BCUT2D eigenvalue weighted by molar-refractivity contribution is 0.0711. The van der Waals surface area contributed by atoms with E-state index in [1.165, 1.54) is 64.6 Å². The zero-order chi connectivity index (χ0) is 10.5. The molecule has 1 unspecified atom stereocenters. The van der Waals surface area contributed by atoms with E-state index in [9.17, 15) is 0 Å². The van der Waals surface area contributed by atoms with E-state index in [1.807, 2.05) is 0 Å². The summed E-state index contributed by atoms with van der Waals surface area (Å²) in [4.78, 5) is 2.84. The number of nitrogens with zero attached hydrogens (tertiary/aromatic N) is 1. The van der Waals surface area contributed by atoms with Crippen LogP contribution in [-0.2, 0) is 0 Å². The van der Waals surface area contributed by atoms with E-state index >= 15 is 0 Å². The Kier molecular flexibility index (Phi) is 4.45. The molecule has 2 rings (SSSR count). The fourth-order valence-electron chi connectivity index (χ4n) is 3.29. The summed E-state index contributed by atoms with van der Waals surface area (Å²) in [6, 6.07) is 1.80. The Bertz CT molecular complexity index is 163. The van der Waals surface area contributed by atoms with Crippen molar-refractivity contribution < 1.29 is 0 Å². The monoisotopic (exact) mass is 210 g/mol. The molecular formula is C13H26N2. The van der Waals surface area contributed by atoms with Gasteiger partial charge in [0.25, 0.3) is 0 Å². The summed E-state index contributed by atoms with van der Waals surface area (Å²) in [6.07, 6.45) is 9.88. The molecule has 2 aliphatic heterocycles. The van der Waals surface area contributed by atoms with Gasteiger partial charge in [-0.1, -0.05) is 19.8 Å². The van der Waals surface area contributed by atoms with E-state index < -0.39 is 0 Å². The average Bonchev–Trinajstić information content (AvgIpc) is 2.31. The van der Waals surface area contributed by atoms with Crippen LogP contribution in [0.25, 0.3) is 0 Å². The minimum atomic E-state index is 0.892. The van der Waals surface area contributed by atoms with Crippen molar-refractivity contribution in [3.05, 3.63) is 0 Å². The van der Waals surface area contributed by atoms with Crippen LogP contribution in [0.4, 0.5) is 0 Å². The lowest BCUT2D eigenvalue weighted by atomic mass is 9.93. The summed E-state index contributed by atoms with van der Waals surface area (Å²) < 4.78 is 0. The Balaban J connectivity index is 1.90. The van der Waals surface area contributed by atoms with E-state index in [4.69, 9.17) is 0 Å². The van der Waals surface area contributed by atoms with Crippen LogP contribution >= 0.6 is 0 Å². The molecule has 0 amide bonds. The first-order valence-electron chi connectivity index (χ1n) is 6.88. The second-order valence-corrected chi connectivity index (χ2v) is 5.16. The first-order chi connectivity index (χ1) is 7.42. The van der Waals surface area contributed by atoms with Crippen LogP contribution in [-0.4, -0.2) is 36.6 Å². The number of hydrogen-bond donors (Lipinski definition) is 1. The van der Waals surface area contributed by atoms with Crippen molar-refractivity contribution in [3.8, 4) is 0 Å². The van der Waals surface area contributed by atoms with Crippen molar-refractivity contribution in [2.45, 2.75) is 64.0 Å². The molecule has 0 spiro atoms. The van der Waals surface area contributed by atoms with Gasteiger partial charge in [-0.15, -0.1) is 0 Å². The van der Waals surface area contributed by atoms with Crippen molar-refractivity contribution in [2.24, 2.45) is 0 Å². The minimum absolute atomic E-state index is 0.892. The van der Waals surface area contributed by atoms with Crippen LogP contribution in [0.1, 0.15) is 51.9 Å². The third kappa shape index (κ3) is 2.94. The molecule has 0 aromatic heterocycles. The quantitative estimate of drug-likeness (QED) is 0.769. The average molecular weight is 210 g/mol. The molecule has 2 fully saturated rings. The molecule has 15 heavy (non-hydrogen) atoms. The van der Waals surface area contributed by atoms with Gasteiger partial charge in [-0.25, -0.2) is 0 Å². The van der Waals surface area contributed by atoms with Crippen molar-refractivity contribution in [2.75, 3.05) is 19.6 Å². The van der Waals surface area contributed by atoms with Crippen LogP contribution in [0.3, 0.4) is 0 Å². The lowest BCUT2D eigenvalue weighted by Gasteiger charge is -2.43. The van der Waals surface area contributed by atoms with Gasteiger partial charge in [-0.2, -0.15) is 0 Å². The zero-order valence-electron chi connectivity index (χ0n) is 10.2. The van der Waals surface area contributed by atoms with Crippen LogP contribution in [0, 0.1) is 0 Å². The molecule has 88 valence electrons. The number of hydrogen-bond acceptors (Lipinski definition) is 2. The van der Waals surface area contributed by atoms with Crippen LogP contribution in [0.15, 0.2) is 0 Å². The standard InChI is InChI=1S/C13H26N2/c1-2-5-12-6-3-4-11-15(12)13-7-9-14-10-8-13/h12-14H,2-11H2,1H3. The van der Waals surface area contributed by atoms with Crippen LogP contribution in [0.5, 0.6) is 0 Å². The van der Waals surface area contributed by atoms with Gasteiger partial charge in [-0.05, 0) is 51.7 Å². The predicted octanol–water partition coefficient (Wildman–Crippen LogP) is 2.39. The molecule has 0 aliphatic carbocycles. The number of likely N-dealkylation sites (tertiary alicyclic amines) is 1. The summed E-state index contributed by atoms with van der Waals surface area (Å²) in [5.41, 5.74) is 0. The molecule has 0 saturated carbocycles. The van der Waals surface area contributed by atoms with Gasteiger partial charge in [0, 0.05) is 12.1 Å². The topological polar surface area (TPSA) is 15.3 Å². The lowest BCUT2D eigenvalue weighted by Crippen LogP contribution is -2.50. The summed E-state index contributed by atoms with van der Waals surface area (Å²) in [5, 5.41) is 3.47. The normalized spacial score (nSPS) is 30.6. The SMILES string of the molecule is CCCC1CCCCN1C1CCNCC1. The van der Waals surface area contributed by atoms with Crippen molar-refractivity contribution in [1.29, 1.82) is 0 Å². The van der Waals surface area contributed by atoms with Crippen molar-refractivity contribution >= 4 is 0 Å². The Morgan fingerprint density at radius 2 is 1.93 bits per heavy atom. The molecule has 0 aromatic carbocycles. The maximum Gasteiger partial charge on any atom is 0.0122 e. The van der Waals surface area contributed by atoms with Gasteiger partial charge in [0.2, 0.25) is 0 Å². The summed E-state index contributed by atoms with van der Waals surface area (Å²) in [5.74, 6) is 0. The molecule has 2 heteroatoms. The van der Waals surface area contributed by atoms with Gasteiger partial charge in [-0.3, -0.25) is 4.90 Å². The number of nitrogens with one attached hydrogen (secondary N) is 1. The first-order valence-corrected chi connectivity index (χ1v) is 6.88. The van der Waals surface area contributed by atoms with Gasteiger partial charge in [0.15, 0.2) is 0 Å². The second kappa shape index (κ2) is 5.86. The van der Waals surface area contributed by atoms with E-state index in [0.29, 0.717) is 0 Å². The van der Waals surface area contributed by atoms with Crippen molar-refractivity contribution in [1.82, 2.24) is 10.2 Å². The van der Waals surface area contributed by atoms with E-state index in [2.05, 4.69) is 17.1 Å². The molecule has 2 aliphatic rings. The highest BCUT2D eigenvalue weighted by atomic mass is 15.2. The molecule has 0 bridgehead atoms. The molecule has 0 radical (unpaired) electrons. The fourth-order valence-corrected chi connectivity index (χ4v) is 3.29. The molecule has 0 aromatic rings. The number of rotatable bonds is 3. The minimum Gasteiger partial charge on any atom is -0.317 e. The maximum atomic E-state index is 3.47. The molecular weight excluding hydrogens is 184 g/mol. The highest BCUT2D eigenvalue weighted by Gasteiger charge is 2.28. The van der Waals surface area contributed by atoms with Crippen LogP contribution < -0.4 is 5.32 Å². The van der Waals surface area contributed by atoms with Crippen LogP contribution in [0.2, 0.25) is 0 Å². The van der Waals surface area contributed by atoms with E-state index in [1.54, 1.807) is 0 Å². The Hall–Kier alpha value is -0.0800. The summed E-state index contributed by atoms with van der Waals surface area (Å²) in [6.45, 7) is 6.17. The molecule has 1 N–H and O–H groups in total. The third-order valence-electron chi connectivity index (χ3n) is 4.07. The molecule has 2 heterocycles. The zero-order valence-corrected chi connectivity index (χ0v) is 10.2. The highest BCUT2D eigenvalue weighted by molar-refractivity contribution is 4.85. The maximum absolute atomic E-state index is 3.47. The fraction of sp³-hybridized carbons (Fsp3) is 1.00. The number of piperidine rings is 2. The third-order valence-corrected chi connectivity index (χ3v) is 4.07. The largest absolute Gasteiger partial charge is 0.317 e. The highest BCUT2D eigenvalue weighted by Crippen LogP contribution is 2.26. The smallest absolute Gasteiger partial charge is 0.0122 e. The van der Waals surface area contributed by atoms with Crippen molar-refractivity contribution in [3.63, 3.8) is 0 Å². The van der Waals surface area contributed by atoms with Gasteiger partial charge >= 0.3 is 0 Å². The van der Waals surface area contributed by atoms with E-state index in [-0.39, 0.29) is 0 Å². The molecule has 2 saturated heterocycles. The Labute approximate surface area is 94.4 Å². The van der Waals surface area contributed by atoms with E-state index in [0.717, 1.165) is 12.1 Å². The Morgan fingerprint density at radius 1 is 1.13 bits per heavy atom. The molecule has 1 atom stereocenters. The van der Waals surface area contributed by atoms with Gasteiger partial charge in [0.05, 0.1) is 0 Å². The first kappa shape index (κ1) is 11.4. The second-order valence-electron chi connectivity index (χ2n) is 5.16. The van der Waals surface area contributed by atoms with Gasteiger partial charge in [0.1, 0.15) is 0 Å². The summed E-state index contributed by atoms with van der Waals surface area (Å²) in [7, 11) is 0. The molecule has 2 nitrogen and oxygen atoms in total. The predicted molar refractivity (Wildman–Crippen MR) is 65.1 cm³/mol. The summed E-state index contributed by atoms with van der Waals surface area (Å²) >= 11 is 0. The Morgan fingerprint density at radius 3 is 2.67 bits per heavy atom.